The minimum Gasteiger partial charge on any atom is -0.368 e. The fourth-order valence-electron chi connectivity index (χ4n) is 4.07. The summed E-state index contributed by atoms with van der Waals surface area (Å²) < 4.78 is 2.62. The van der Waals surface area contributed by atoms with E-state index in [4.69, 9.17) is 11.6 Å². The van der Waals surface area contributed by atoms with Crippen LogP contribution in [0.3, 0.4) is 0 Å². The molecule has 0 atom stereocenters. The molecule has 34 heavy (non-hydrogen) atoms. The summed E-state index contributed by atoms with van der Waals surface area (Å²) in [6, 6.07) is 17.5. The first kappa shape index (κ1) is 22.0. The van der Waals surface area contributed by atoms with Crippen molar-refractivity contribution in [2.24, 2.45) is 0 Å². The number of nitrogens with zero attached hydrogens (tertiary/aromatic N) is 6. The van der Waals surface area contributed by atoms with Gasteiger partial charge < -0.3 is 15.1 Å². The lowest BCUT2D eigenvalue weighted by Gasteiger charge is -2.36. The van der Waals surface area contributed by atoms with Crippen LogP contribution in [0.5, 0.6) is 0 Å². The van der Waals surface area contributed by atoms with E-state index in [9.17, 15) is 9.59 Å². The topological polar surface area (TPSA) is 87.8 Å². The van der Waals surface area contributed by atoms with Crippen LogP contribution in [0.15, 0.2) is 71.8 Å². The van der Waals surface area contributed by atoms with E-state index < -0.39 is 0 Å². The Morgan fingerprint density at radius 1 is 0.971 bits per heavy atom. The Labute approximate surface area is 201 Å². The van der Waals surface area contributed by atoms with Crippen LogP contribution in [0.4, 0.5) is 11.5 Å². The van der Waals surface area contributed by atoms with Crippen LogP contribution in [0.25, 0.3) is 5.65 Å². The first-order chi connectivity index (χ1) is 16.6. The lowest BCUT2D eigenvalue weighted by atomic mass is 10.2. The van der Waals surface area contributed by atoms with Crippen molar-refractivity contribution in [3.05, 3.63) is 88.1 Å². The maximum Gasteiger partial charge on any atom is 0.350 e. The third-order valence-corrected chi connectivity index (χ3v) is 6.13. The highest BCUT2D eigenvalue weighted by Gasteiger charge is 2.22. The molecule has 3 heterocycles. The minimum absolute atomic E-state index is 0.171. The molecule has 10 heteroatoms. The SMILES string of the molecule is O=C(Cn1nc2c(N3CCN(c4ccccc4)CC3)nccn2c1=O)NCc1ccc(Cl)cc1. The van der Waals surface area contributed by atoms with E-state index in [0.29, 0.717) is 23.0 Å². The van der Waals surface area contributed by atoms with Crippen LogP contribution >= 0.6 is 11.6 Å². The molecule has 0 radical (unpaired) electrons. The molecule has 1 aliphatic rings. The number of para-hydroxylation sites is 1. The highest BCUT2D eigenvalue weighted by Crippen LogP contribution is 2.21. The third-order valence-electron chi connectivity index (χ3n) is 5.88. The Morgan fingerprint density at radius 2 is 1.68 bits per heavy atom. The summed E-state index contributed by atoms with van der Waals surface area (Å²) in [6.07, 6.45) is 3.18. The standard InChI is InChI=1S/C24H24ClN7O2/c25-19-8-6-18(7-9-19)16-27-21(33)17-32-24(34)31-11-10-26-22(23(31)28-32)30-14-12-29(13-15-30)20-4-2-1-3-5-20/h1-11H,12-17H2,(H,27,33). The summed E-state index contributed by atoms with van der Waals surface area (Å²) in [6.45, 7) is 3.36. The van der Waals surface area contributed by atoms with Gasteiger partial charge in [0.1, 0.15) is 6.54 Å². The lowest BCUT2D eigenvalue weighted by Crippen LogP contribution is -2.47. The van der Waals surface area contributed by atoms with E-state index in [1.807, 2.05) is 30.3 Å². The van der Waals surface area contributed by atoms with E-state index in [0.717, 1.165) is 31.7 Å². The summed E-state index contributed by atoms with van der Waals surface area (Å²) in [5.74, 6) is 0.346. The summed E-state index contributed by atoms with van der Waals surface area (Å²) in [4.78, 5) is 34.3. The van der Waals surface area contributed by atoms with Crippen LogP contribution in [0.1, 0.15) is 5.56 Å². The molecule has 174 valence electrons. The van der Waals surface area contributed by atoms with E-state index in [1.54, 1.807) is 24.5 Å². The Bertz CT molecular complexity index is 1340. The number of nitrogens with one attached hydrogen (secondary N) is 1. The van der Waals surface area contributed by atoms with E-state index in [2.05, 4.69) is 37.3 Å². The molecule has 1 N–H and O–H groups in total. The Morgan fingerprint density at radius 3 is 2.41 bits per heavy atom. The van der Waals surface area contributed by atoms with Gasteiger partial charge in [0.15, 0.2) is 5.82 Å². The molecule has 2 aromatic heterocycles. The largest absolute Gasteiger partial charge is 0.368 e. The van der Waals surface area contributed by atoms with E-state index >= 15 is 0 Å². The average Bonchev–Trinajstić information content (AvgIpc) is 3.19. The third kappa shape index (κ3) is 4.60. The monoisotopic (exact) mass is 477 g/mol. The number of carbonyl (C=O) groups excluding carboxylic acids is 1. The van der Waals surface area contributed by atoms with Crippen molar-refractivity contribution in [2.45, 2.75) is 13.1 Å². The molecule has 1 aliphatic heterocycles. The molecule has 2 aromatic carbocycles. The van der Waals surface area contributed by atoms with Gasteiger partial charge in [-0.05, 0) is 29.8 Å². The highest BCUT2D eigenvalue weighted by atomic mass is 35.5. The zero-order chi connectivity index (χ0) is 23.5. The maximum atomic E-state index is 12.9. The molecule has 0 spiro atoms. The average molecular weight is 478 g/mol. The summed E-state index contributed by atoms with van der Waals surface area (Å²) in [7, 11) is 0. The van der Waals surface area contributed by atoms with Crippen LogP contribution < -0.4 is 20.8 Å². The molecule has 4 aromatic rings. The van der Waals surface area contributed by atoms with Crippen molar-refractivity contribution in [3.63, 3.8) is 0 Å². The predicted molar refractivity (Wildman–Crippen MR) is 131 cm³/mol. The predicted octanol–water partition coefficient (Wildman–Crippen LogP) is 2.19. The Hall–Kier alpha value is -3.85. The summed E-state index contributed by atoms with van der Waals surface area (Å²) in [5.41, 5.74) is 2.19. The Kier molecular flexibility index (Phi) is 6.18. The van der Waals surface area contributed by atoms with Gasteiger partial charge >= 0.3 is 5.69 Å². The molecular formula is C24H24ClN7O2. The Balaban J connectivity index is 1.28. The number of fused-ring (bicyclic) bond motifs is 1. The number of amides is 1. The van der Waals surface area contributed by atoms with Gasteiger partial charge in [-0.2, -0.15) is 0 Å². The molecule has 9 nitrogen and oxygen atoms in total. The maximum absolute atomic E-state index is 12.9. The first-order valence-corrected chi connectivity index (χ1v) is 11.5. The molecule has 1 saturated heterocycles. The number of carbonyl (C=O) groups is 1. The number of hydrogen-bond acceptors (Lipinski definition) is 6. The van der Waals surface area contributed by atoms with Crippen molar-refractivity contribution in [2.75, 3.05) is 36.0 Å². The number of piperazine rings is 1. The first-order valence-electron chi connectivity index (χ1n) is 11.1. The number of halogens is 1. The molecule has 5 rings (SSSR count). The number of rotatable bonds is 6. The van der Waals surface area contributed by atoms with Gasteiger partial charge in [0.25, 0.3) is 0 Å². The van der Waals surface area contributed by atoms with Crippen molar-refractivity contribution >= 4 is 34.7 Å². The van der Waals surface area contributed by atoms with Gasteiger partial charge in [0.2, 0.25) is 11.6 Å². The van der Waals surface area contributed by atoms with Crippen molar-refractivity contribution in [1.82, 2.24) is 24.5 Å². The lowest BCUT2D eigenvalue weighted by molar-refractivity contribution is -0.122. The second kappa shape index (κ2) is 9.56. The van der Waals surface area contributed by atoms with Gasteiger partial charge in [0, 0.05) is 55.8 Å². The second-order valence-corrected chi connectivity index (χ2v) is 8.53. The summed E-state index contributed by atoms with van der Waals surface area (Å²) >= 11 is 5.89. The molecule has 0 saturated carbocycles. The zero-order valence-electron chi connectivity index (χ0n) is 18.5. The molecular weight excluding hydrogens is 454 g/mol. The van der Waals surface area contributed by atoms with Crippen LogP contribution in [0, 0.1) is 0 Å². The molecule has 1 amide bonds. The van der Waals surface area contributed by atoms with Gasteiger partial charge in [0.05, 0.1) is 0 Å². The van der Waals surface area contributed by atoms with Crippen LogP contribution in [0.2, 0.25) is 5.02 Å². The van der Waals surface area contributed by atoms with Crippen molar-refractivity contribution < 1.29 is 4.79 Å². The van der Waals surface area contributed by atoms with Crippen LogP contribution in [-0.4, -0.2) is 51.3 Å². The molecule has 0 bridgehead atoms. The van der Waals surface area contributed by atoms with Gasteiger partial charge in [-0.25, -0.2) is 18.9 Å². The van der Waals surface area contributed by atoms with E-state index in [1.165, 1.54) is 14.8 Å². The van der Waals surface area contributed by atoms with Gasteiger partial charge in [-0.15, -0.1) is 5.10 Å². The van der Waals surface area contributed by atoms with Gasteiger partial charge in [-0.1, -0.05) is 41.9 Å². The molecule has 0 unspecified atom stereocenters. The molecule has 0 aliphatic carbocycles. The summed E-state index contributed by atoms with van der Waals surface area (Å²) in [5, 5.41) is 7.89. The number of hydrogen-bond donors (Lipinski definition) is 1. The van der Waals surface area contributed by atoms with Crippen molar-refractivity contribution in [1.29, 1.82) is 0 Å². The fourth-order valence-corrected chi connectivity index (χ4v) is 4.20. The zero-order valence-corrected chi connectivity index (χ0v) is 19.2. The van der Waals surface area contributed by atoms with E-state index in [-0.39, 0.29) is 18.1 Å². The number of aromatic nitrogens is 4. The molecule has 1 fully saturated rings. The quantitative estimate of drug-likeness (QED) is 0.458. The fraction of sp³-hybridized carbons (Fsp3) is 0.250. The number of anilines is 2. The normalized spacial score (nSPS) is 13.9. The highest BCUT2D eigenvalue weighted by molar-refractivity contribution is 6.30. The minimum atomic E-state index is -0.372. The van der Waals surface area contributed by atoms with Crippen molar-refractivity contribution in [3.8, 4) is 0 Å². The van der Waals surface area contributed by atoms with Gasteiger partial charge in [-0.3, -0.25) is 4.79 Å². The second-order valence-electron chi connectivity index (χ2n) is 8.10. The smallest absolute Gasteiger partial charge is 0.350 e. The van der Waals surface area contributed by atoms with Crippen LogP contribution in [-0.2, 0) is 17.9 Å². The number of benzene rings is 2.